The van der Waals surface area contributed by atoms with Gasteiger partial charge < -0.3 is 14.9 Å². The van der Waals surface area contributed by atoms with Crippen LogP contribution in [0.3, 0.4) is 0 Å². The standard InChI is InChI=1S/C13H17N5O2/c1-9-8-14-18-11(17-5-3-16(2)4-6-17)7-10(13(19)20)15-12(9)18/h7-8H,3-6H2,1-2H3,(H,19,20). The molecule has 0 spiro atoms. The number of piperazine rings is 1. The lowest BCUT2D eigenvalue weighted by atomic mass is 10.3. The number of anilines is 1. The topological polar surface area (TPSA) is 74.0 Å². The molecular weight excluding hydrogens is 258 g/mol. The molecule has 7 nitrogen and oxygen atoms in total. The second kappa shape index (κ2) is 4.75. The Hall–Kier alpha value is -2.15. The average Bonchev–Trinajstić information content (AvgIpc) is 2.80. The van der Waals surface area contributed by atoms with Crippen LogP contribution in [-0.2, 0) is 0 Å². The summed E-state index contributed by atoms with van der Waals surface area (Å²) in [5.74, 6) is -0.211. The highest BCUT2D eigenvalue weighted by Crippen LogP contribution is 2.20. The zero-order valence-electron chi connectivity index (χ0n) is 11.6. The molecule has 1 N–H and O–H groups in total. The van der Waals surface area contributed by atoms with Gasteiger partial charge in [-0.05, 0) is 14.0 Å². The Morgan fingerprint density at radius 3 is 2.65 bits per heavy atom. The molecule has 1 aliphatic heterocycles. The lowest BCUT2D eigenvalue weighted by Crippen LogP contribution is -2.45. The molecule has 3 rings (SSSR count). The SMILES string of the molecule is Cc1cnn2c(N3CCN(C)CC3)cc(C(=O)O)nc12. The summed E-state index contributed by atoms with van der Waals surface area (Å²) in [4.78, 5) is 19.8. The van der Waals surface area contributed by atoms with Crippen LogP contribution < -0.4 is 4.90 Å². The van der Waals surface area contributed by atoms with Crippen LogP contribution in [0.5, 0.6) is 0 Å². The highest BCUT2D eigenvalue weighted by molar-refractivity contribution is 5.87. The molecule has 1 saturated heterocycles. The first-order valence-corrected chi connectivity index (χ1v) is 6.58. The molecule has 1 aliphatic rings. The summed E-state index contributed by atoms with van der Waals surface area (Å²) >= 11 is 0. The number of nitrogens with zero attached hydrogens (tertiary/aromatic N) is 5. The second-order valence-corrected chi connectivity index (χ2v) is 5.16. The molecule has 0 aliphatic carbocycles. The summed E-state index contributed by atoms with van der Waals surface area (Å²) in [5.41, 5.74) is 1.55. The monoisotopic (exact) mass is 275 g/mol. The third-order valence-electron chi connectivity index (χ3n) is 3.68. The largest absolute Gasteiger partial charge is 0.477 e. The fourth-order valence-corrected chi connectivity index (χ4v) is 2.43. The van der Waals surface area contributed by atoms with Crippen molar-refractivity contribution in [1.29, 1.82) is 0 Å². The van der Waals surface area contributed by atoms with Crippen LogP contribution in [0.1, 0.15) is 16.1 Å². The molecule has 0 unspecified atom stereocenters. The molecule has 2 aromatic rings. The first kappa shape index (κ1) is 12.9. The highest BCUT2D eigenvalue weighted by Gasteiger charge is 2.20. The minimum absolute atomic E-state index is 0.0648. The van der Waals surface area contributed by atoms with Crippen molar-refractivity contribution in [3.63, 3.8) is 0 Å². The third kappa shape index (κ3) is 2.09. The number of rotatable bonds is 2. The van der Waals surface area contributed by atoms with Crippen LogP contribution in [0, 0.1) is 6.92 Å². The number of hydrogen-bond donors (Lipinski definition) is 1. The van der Waals surface area contributed by atoms with Gasteiger partial charge in [-0.2, -0.15) is 9.61 Å². The quantitative estimate of drug-likeness (QED) is 0.859. The first-order chi connectivity index (χ1) is 9.56. The molecule has 0 saturated carbocycles. The number of carbonyl (C=O) groups is 1. The van der Waals surface area contributed by atoms with E-state index in [1.165, 1.54) is 0 Å². The van der Waals surface area contributed by atoms with E-state index in [1.54, 1.807) is 16.8 Å². The maximum Gasteiger partial charge on any atom is 0.354 e. The molecule has 106 valence electrons. The van der Waals surface area contributed by atoms with E-state index >= 15 is 0 Å². The maximum absolute atomic E-state index is 11.2. The number of aromatic nitrogens is 3. The summed E-state index contributed by atoms with van der Waals surface area (Å²) < 4.78 is 1.73. The van der Waals surface area contributed by atoms with Crippen molar-refractivity contribution in [2.75, 3.05) is 38.1 Å². The van der Waals surface area contributed by atoms with Gasteiger partial charge in [0.1, 0.15) is 5.82 Å². The van der Waals surface area contributed by atoms with E-state index in [0.717, 1.165) is 37.6 Å². The molecule has 3 heterocycles. The Balaban J connectivity index is 2.10. The normalized spacial score (nSPS) is 16.8. The molecule has 20 heavy (non-hydrogen) atoms. The van der Waals surface area contributed by atoms with Gasteiger partial charge in [-0.25, -0.2) is 9.78 Å². The van der Waals surface area contributed by atoms with E-state index < -0.39 is 5.97 Å². The summed E-state index contributed by atoms with van der Waals surface area (Å²) in [6.07, 6.45) is 1.72. The maximum atomic E-state index is 11.2. The van der Waals surface area contributed by atoms with Crippen molar-refractivity contribution in [2.24, 2.45) is 0 Å². The molecule has 0 atom stereocenters. The van der Waals surface area contributed by atoms with Crippen molar-refractivity contribution >= 4 is 17.4 Å². The van der Waals surface area contributed by atoms with Crippen molar-refractivity contribution in [3.8, 4) is 0 Å². The van der Waals surface area contributed by atoms with Gasteiger partial charge in [0.2, 0.25) is 0 Å². The van der Waals surface area contributed by atoms with Gasteiger partial charge in [0.25, 0.3) is 0 Å². The van der Waals surface area contributed by atoms with Gasteiger partial charge in [-0.3, -0.25) is 0 Å². The molecule has 0 amide bonds. The van der Waals surface area contributed by atoms with Gasteiger partial charge >= 0.3 is 5.97 Å². The fraction of sp³-hybridized carbons (Fsp3) is 0.462. The zero-order valence-corrected chi connectivity index (χ0v) is 11.6. The predicted molar refractivity (Wildman–Crippen MR) is 74.4 cm³/mol. The van der Waals surface area contributed by atoms with Crippen LogP contribution in [0.25, 0.3) is 5.65 Å². The lowest BCUT2D eigenvalue weighted by Gasteiger charge is -2.33. The lowest BCUT2D eigenvalue weighted by molar-refractivity contribution is 0.0690. The Bertz CT molecular complexity index is 658. The number of likely N-dealkylation sites (N-methyl/N-ethyl adjacent to an activating group) is 1. The molecule has 0 radical (unpaired) electrons. The zero-order chi connectivity index (χ0) is 14.3. The van der Waals surface area contributed by atoms with E-state index in [0.29, 0.717) is 5.65 Å². The number of carboxylic acid groups (broad SMARTS) is 1. The molecular formula is C13H17N5O2. The van der Waals surface area contributed by atoms with E-state index in [1.807, 2.05) is 6.92 Å². The van der Waals surface area contributed by atoms with Gasteiger partial charge in [0.15, 0.2) is 11.3 Å². The first-order valence-electron chi connectivity index (χ1n) is 6.58. The third-order valence-corrected chi connectivity index (χ3v) is 3.68. The summed E-state index contributed by atoms with van der Waals surface area (Å²) in [6, 6.07) is 1.60. The molecule has 7 heteroatoms. The smallest absolute Gasteiger partial charge is 0.354 e. The summed E-state index contributed by atoms with van der Waals surface area (Å²) in [6.45, 7) is 5.49. The number of aromatic carboxylic acids is 1. The van der Waals surface area contributed by atoms with E-state index in [4.69, 9.17) is 0 Å². The van der Waals surface area contributed by atoms with E-state index in [2.05, 4.69) is 26.9 Å². The van der Waals surface area contributed by atoms with Crippen molar-refractivity contribution in [3.05, 3.63) is 23.5 Å². The number of aryl methyl sites for hydroxylation is 1. The molecule has 0 bridgehead atoms. The summed E-state index contributed by atoms with van der Waals surface area (Å²) in [7, 11) is 2.08. The minimum Gasteiger partial charge on any atom is -0.477 e. The minimum atomic E-state index is -1.01. The Kier molecular flexibility index (Phi) is 3.06. The van der Waals surface area contributed by atoms with Crippen molar-refractivity contribution in [1.82, 2.24) is 19.5 Å². The van der Waals surface area contributed by atoms with E-state index in [9.17, 15) is 9.90 Å². The van der Waals surface area contributed by atoms with E-state index in [-0.39, 0.29) is 5.69 Å². The van der Waals surface area contributed by atoms with Crippen LogP contribution >= 0.6 is 0 Å². The van der Waals surface area contributed by atoms with Crippen LogP contribution in [0.4, 0.5) is 5.82 Å². The Labute approximate surface area is 116 Å². The molecule has 1 fully saturated rings. The Morgan fingerprint density at radius 1 is 1.30 bits per heavy atom. The van der Waals surface area contributed by atoms with Gasteiger partial charge in [-0.1, -0.05) is 0 Å². The Morgan fingerprint density at radius 2 is 2.00 bits per heavy atom. The fourth-order valence-electron chi connectivity index (χ4n) is 2.43. The van der Waals surface area contributed by atoms with Gasteiger partial charge in [0, 0.05) is 37.8 Å². The highest BCUT2D eigenvalue weighted by atomic mass is 16.4. The number of fused-ring (bicyclic) bond motifs is 1. The van der Waals surface area contributed by atoms with Gasteiger partial charge in [0.05, 0.1) is 6.20 Å². The van der Waals surface area contributed by atoms with Gasteiger partial charge in [-0.15, -0.1) is 0 Å². The van der Waals surface area contributed by atoms with Crippen molar-refractivity contribution in [2.45, 2.75) is 6.92 Å². The average molecular weight is 275 g/mol. The van der Waals surface area contributed by atoms with Crippen LogP contribution in [-0.4, -0.2) is 63.8 Å². The second-order valence-electron chi connectivity index (χ2n) is 5.16. The number of hydrogen-bond acceptors (Lipinski definition) is 5. The number of carboxylic acids is 1. The summed E-state index contributed by atoms with van der Waals surface area (Å²) in [5, 5.41) is 13.5. The molecule has 0 aromatic carbocycles. The van der Waals surface area contributed by atoms with Crippen molar-refractivity contribution < 1.29 is 9.90 Å². The van der Waals surface area contributed by atoms with Crippen LogP contribution in [0.2, 0.25) is 0 Å². The molecule has 2 aromatic heterocycles. The predicted octanol–water partition coefficient (Wildman–Crippen LogP) is 0.488. The van der Waals surface area contributed by atoms with Crippen LogP contribution in [0.15, 0.2) is 12.3 Å².